The van der Waals surface area contributed by atoms with E-state index in [2.05, 4.69) is 86.8 Å². The Bertz CT molecular complexity index is 1270. The monoisotopic (exact) mass is 896 g/mol. The molecule has 0 aliphatic heterocycles. The number of rotatable bonds is 46. The van der Waals surface area contributed by atoms with Gasteiger partial charge in [-0.2, -0.15) is 0 Å². The average molecular weight is 896 g/mol. The van der Waals surface area contributed by atoms with Crippen molar-refractivity contribution in [3.63, 3.8) is 0 Å². The van der Waals surface area contributed by atoms with Crippen molar-refractivity contribution in [3.8, 4) is 0 Å². The van der Waals surface area contributed by atoms with Gasteiger partial charge >= 0.3 is 11.9 Å². The lowest BCUT2D eigenvalue weighted by molar-refractivity contribution is -0.889. The predicted molar refractivity (Wildman–Crippen MR) is 268 cm³/mol. The Kier molecular flexibility index (Phi) is 44.0. The molecule has 0 saturated carbocycles. The first-order valence-electron chi connectivity index (χ1n) is 26.0. The fraction of sp³-hybridized carbons (Fsp3) is 0.732. The van der Waals surface area contributed by atoms with E-state index in [-0.39, 0.29) is 42.7 Å². The minimum absolute atomic E-state index is 0.0335. The van der Waals surface area contributed by atoms with Gasteiger partial charge in [0.1, 0.15) is 12.6 Å². The third-order valence-corrected chi connectivity index (χ3v) is 11.3. The van der Waals surface area contributed by atoms with Gasteiger partial charge in [0.15, 0.2) is 6.10 Å². The van der Waals surface area contributed by atoms with Crippen molar-refractivity contribution in [1.82, 2.24) is 0 Å². The van der Waals surface area contributed by atoms with E-state index in [9.17, 15) is 19.5 Å². The van der Waals surface area contributed by atoms with Gasteiger partial charge in [0.25, 0.3) is 0 Å². The first-order valence-corrected chi connectivity index (χ1v) is 26.0. The molecule has 2 atom stereocenters. The number of aliphatic carboxylic acids is 1. The van der Waals surface area contributed by atoms with Gasteiger partial charge in [-0.3, -0.25) is 9.59 Å². The number of hydrogen-bond acceptors (Lipinski definition) is 7. The summed E-state index contributed by atoms with van der Waals surface area (Å²) < 4.78 is 17.2. The van der Waals surface area contributed by atoms with Crippen molar-refractivity contribution in [2.24, 2.45) is 0 Å². The van der Waals surface area contributed by atoms with Crippen LogP contribution < -0.4 is 5.11 Å². The number of esters is 2. The molecule has 8 nitrogen and oxygen atoms in total. The zero-order valence-electron chi connectivity index (χ0n) is 41.9. The number of quaternary nitrogens is 1. The molecular formula is C56H97NO7. The molecule has 0 N–H and O–H groups in total. The maximum Gasteiger partial charge on any atom is 0.306 e. The number of allylic oxidation sites excluding steroid dienone is 12. The van der Waals surface area contributed by atoms with Crippen LogP contribution in [0.5, 0.6) is 0 Å². The molecule has 0 saturated heterocycles. The summed E-state index contributed by atoms with van der Waals surface area (Å²) in [6, 6.07) is -0.731. The maximum atomic E-state index is 12.8. The summed E-state index contributed by atoms with van der Waals surface area (Å²) in [5.41, 5.74) is 0. The molecule has 0 amide bonds. The van der Waals surface area contributed by atoms with Gasteiger partial charge in [0.2, 0.25) is 0 Å². The number of unbranched alkanes of at least 4 members (excludes halogenated alkanes) is 20. The maximum absolute atomic E-state index is 12.8. The summed E-state index contributed by atoms with van der Waals surface area (Å²) in [6.45, 7) is 4.52. The van der Waals surface area contributed by atoms with Gasteiger partial charge in [0.05, 0.1) is 40.3 Å². The highest BCUT2D eigenvalue weighted by Crippen LogP contribution is 2.15. The van der Waals surface area contributed by atoms with Crippen molar-refractivity contribution in [3.05, 3.63) is 72.9 Å². The third kappa shape index (κ3) is 44.0. The first kappa shape index (κ1) is 60.8. The van der Waals surface area contributed by atoms with Gasteiger partial charge in [-0.05, 0) is 83.5 Å². The molecule has 368 valence electrons. The molecule has 0 fully saturated rings. The summed E-state index contributed by atoms with van der Waals surface area (Å²) in [7, 11) is 5.41. The van der Waals surface area contributed by atoms with Crippen LogP contribution >= 0.6 is 0 Å². The lowest BCUT2D eigenvalue weighted by Crippen LogP contribution is -2.55. The zero-order chi connectivity index (χ0) is 47.0. The Hall–Kier alpha value is -3.23. The summed E-state index contributed by atoms with van der Waals surface area (Å²) in [5, 5.41) is 11.7. The predicted octanol–water partition coefficient (Wildman–Crippen LogP) is 13.8. The Morgan fingerprint density at radius 2 is 0.875 bits per heavy atom. The molecule has 0 radical (unpaired) electrons. The van der Waals surface area contributed by atoms with Crippen LogP contribution in [0.2, 0.25) is 0 Å². The largest absolute Gasteiger partial charge is 0.544 e. The Labute approximate surface area is 393 Å². The van der Waals surface area contributed by atoms with Gasteiger partial charge in [-0.1, -0.05) is 183 Å². The number of carbonyl (C=O) groups is 3. The Morgan fingerprint density at radius 3 is 1.30 bits per heavy atom. The fourth-order valence-electron chi connectivity index (χ4n) is 7.33. The summed E-state index contributed by atoms with van der Waals surface area (Å²) in [5.74, 6) is -1.75. The summed E-state index contributed by atoms with van der Waals surface area (Å²) >= 11 is 0. The third-order valence-electron chi connectivity index (χ3n) is 11.3. The van der Waals surface area contributed by atoms with Crippen LogP contribution in [0.4, 0.5) is 0 Å². The van der Waals surface area contributed by atoms with E-state index >= 15 is 0 Å². The zero-order valence-corrected chi connectivity index (χ0v) is 41.9. The number of carbonyl (C=O) groups excluding carboxylic acids is 3. The summed E-state index contributed by atoms with van der Waals surface area (Å²) in [6.07, 6.45) is 59.2. The van der Waals surface area contributed by atoms with Crippen LogP contribution in [0, 0.1) is 0 Å². The van der Waals surface area contributed by atoms with Crippen LogP contribution in [0.3, 0.4) is 0 Å². The van der Waals surface area contributed by atoms with Crippen LogP contribution in [-0.2, 0) is 28.6 Å². The first-order chi connectivity index (χ1) is 31.1. The van der Waals surface area contributed by atoms with Gasteiger partial charge in [0, 0.05) is 19.3 Å². The molecule has 0 aromatic carbocycles. The fourth-order valence-corrected chi connectivity index (χ4v) is 7.33. The van der Waals surface area contributed by atoms with E-state index in [1.165, 1.54) is 103 Å². The highest BCUT2D eigenvalue weighted by molar-refractivity contribution is 5.70. The number of likely N-dealkylation sites (N-methyl/N-ethyl adjacent to an activating group) is 1. The number of nitrogens with zero attached hydrogens (tertiary/aromatic N) is 1. The smallest absolute Gasteiger partial charge is 0.306 e. The molecule has 0 rings (SSSR count). The molecular weight excluding hydrogens is 799 g/mol. The molecule has 0 bridgehead atoms. The number of hydrogen-bond donors (Lipinski definition) is 0. The highest BCUT2D eigenvalue weighted by atomic mass is 16.6. The molecule has 0 aliphatic rings. The molecule has 2 unspecified atom stereocenters. The summed E-state index contributed by atoms with van der Waals surface area (Å²) in [4.78, 5) is 37.1. The van der Waals surface area contributed by atoms with Crippen molar-refractivity contribution in [1.29, 1.82) is 0 Å². The van der Waals surface area contributed by atoms with E-state index in [0.29, 0.717) is 12.8 Å². The van der Waals surface area contributed by atoms with Gasteiger partial charge < -0.3 is 28.6 Å². The molecule has 0 aromatic heterocycles. The van der Waals surface area contributed by atoms with E-state index < -0.39 is 18.1 Å². The standard InChI is InChI=1S/C56H97NO7/c1-6-8-10-12-14-16-18-20-22-24-26-27-29-31-33-35-37-39-41-43-45-47-55(59)64-52(50-62-49-48-53(56(60)61)57(3,4)5)51-63-54(58)46-44-42-40-38-36-34-32-30-28-25-23-21-19-17-15-13-11-9-7-2/h8,10,14-17,20-23,26-27,52-53H,6-7,9,11-13,18-19,24-25,28-51H2,1-5H3/b10-8-,16-14-,17-15-,22-20-,23-21-,27-26-. The second kappa shape index (κ2) is 46.3. The number of carboxylic acid groups (broad SMARTS) is 1. The van der Waals surface area contributed by atoms with E-state index in [1.807, 2.05) is 0 Å². The van der Waals surface area contributed by atoms with Crippen molar-refractivity contribution in [2.75, 3.05) is 41.0 Å². The van der Waals surface area contributed by atoms with Crippen molar-refractivity contribution < 1.29 is 38.2 Å². The quantitative estimate of drug-likeness (QED) is 0.0259. The molecule has 0 heterocycles. The topological polar surface area (TPSA) is 102 Å². The van der Waals surface area contributed by atoms with Crippen LogP contribution in [0.25, 0.3) is 0 Å². The Morgan fingerprint density at radius 1 is 0.484 bits per heavy atom. The Balaban J connectivity index is 4.27. The second-order valence-corrected chi connectivity index (χ2v) is 18.4. The van der Waals surface area contributed by atoms with E-state index in [4.69, 9.17) is 14.2 Å². The number of carboxylic acids is 1. The molecule has 64 heavy (non-hydrogen) atoms. The SMILES string of the molecule is CC/C=C\C/C=C\C/C=C\C/C=C\CCCCCCCCCCC(=O)OC(COCCC(C(=O)[O-])[N+](C)(C)C)COC(=O)CCCCCCCCCCC/C=C\C/C=C\CCCCC. The normalized spacial score (nSPS) is 13.5. The van der Waals surface area contributed by atoms with Gasteiger partial charge in [-0.15, -0.1) is 0 Å². The number of ether oxygens (including phenoxy) is 3. The van der Waals surface area contributed by atoms with Crippen LogP contribution in [0.1, 0.15) is 213 Å². The molecule has 0 aliphatic carbocycles. The average Bonchev–Trinajstić information content (AvgIpc) is 3.26. The molecule has 8 heteroatoms. The van der Waals surface area contributed by atoms with Crippen LogP contribution in [-0.4, -0.2) is 75.5 Å². The van der Waals surface area contributed by atoms with Crippen molar-refractivity contribution in [2.45, 2.75) is 225 Å². The van der Waals surface area contributed by atoms with E-state index in [1.54, 1.807) is 21.1 Å². The molecule has 0 aromatic rings. The minimum atomic E-state index is -1.13. The van der Waals surface area contributed by atoms with E-state index in [0.717, 1.165) is 77.0 Å². The molecule has 0 spiro atoms. The van der Waals surface area contributed by atoms with Crippen molar-refractivity contribution >= 4 is 17.9 Å². The second-order valence-electron chi connectivity index (χ2n) is 18.4. The van der Waals surface area contributed by atoms with Crippen LogP contribution in [0.15, 0.2) is 72.9 Å². The lowest BCUT2D eigenvalue weighted by atomic mass is 10.1. The minimum Gasteiger partial charge on any atom is -0.544 e. The lowest BCUT2D eigenvalue weighted by Gasteiger charge is -2.34. The highest BCUT2D eigenvalue weighted by Gasteiger charge is 2.25. The van der Waals surface area contributed by atoms with Gasteiger partial charge in [-0.25, -0.2) is 0 Å².